The van der Waals surface area contributed by atoms with Gasteiger partial charge in [-0.2, -0.15) is 10.2 Å². The second kappa shape index (κ2) is 10.0. The summed E-state index contributed by atoms with van der Waals surface area (Å²) in [5.41, 5.74) is 7.16. The van der Waals surface area contributed by atoms with Crippen LogP contribution < -0.4 is 10.9 Å². The molecular formula is C24H22N4O4. The quantitative estimate of drug-likeness (QED) is 0.353. The molecule has 8 nitrogen and oxygen atoms in total. The van der Waals surface area contributed by atoms with Gasteiger partial charge in [-0.15, -0.1) is 0 Å². The zero-order valence-corrected chi connectivity index (χ0v) is 17.5. The Balaban J connectivity index is 1.69. The molecule has 0 unspecified atom stereocenters. The molecule has 32 heavy (non-hydrogen) atoms. The Labute approximate surface area is 184 Å². The van der Waals surface area contributed by atoms with Gasteiger partial charge in [0.25, 0.3) is 11.8 Å². The van der Waals surface area contributed by atoms with E-state index in [0.717, 1.165) is 0 Å². The van der Waals surface area contributed by atoms with E-state index in [-0.39, 0.29) is 22.6 Å². The van der Waals surface area contributed by atoms with E-state index in [1.54, 1.807) is 68.4 Å². The van der Waals surface area contributed by atoms with Crippen LogP contribution in [-0.4, -0.2) is 33.5 Å². The van der Waals surface area contributed by atoms with Crippen LogP contribution in [0.1, 0.15) is 45.7 Å². The summed E-state index contributed by atoms with van der Waals surface area (Å²) in [5, 5.41) is 27.8. The van der Waals surface area contributed by atoms with Crippen molar-refractivity contribution in [1.82, 2.24) is 10.9 Å². The lowest BCUT2D eigenvalue weighted by atomic mass is 10.1. The fraction of sp³-hybridized carbons (Fsp3) is 0.0833. The first kappa shape index (κ1) is 22.2. The highest BCUT2D eigenvalue weighted by Gasteiger charge is 2.11. The largest absolute Gasteiger partial charge is 0.507 e. The van der Waals surface area contributed by atoms with Crippen LogP contribution in [0.4, 0.5) is 0 Å². The number of carbonyl (C=O) groups is 2. The van der Waals surface area contributed by atoms with E-state index < -0.39 is 11.8 Å². The van der Waals surface area contributed by atoms with Gasteiger partial charge in [-0.3, -0.25) is 9.59 Å². The highest BCUT2D eigenvalue weighted by Crippen LogP contribution is 2.17. The highest BCUT2D eigenvalue weighted by atomic mass is 16.3. The van der Waals surface area contributed by atoms with Gasteiger partial charge in [-0.25, -0.2) is 10.9 Å². The number of para-hydroxylation sites is 2. The molecule has 8 heteroatoms. The number of phenolic OH excluding ortho intramolecular Hbond substituents is 2. The maximum Gasteiger partial charge on any atom is 0.271 e. The molecule has 0 saturated heterocycles. The average molecular weight is 430 g/mol. The van der Waals surface area contributed by atoms with Crippen LogP contribution >= 0.6 is 0 Å². The molecule has 0 aliphatic carbocycles. The Hall–Kier alpha value is -4.46. The number of rotatable bonds is 6. The summed E-state index contributed by atoms with van der Waals surface area (Å²) in [6.07, 6.45) is 0. The Morgan fingerprint density at radius 1 is 0.656 bits per heavy atom. The molecule has 0 radical (unpaired) electrons. The van der Waals surface area contributed by atoms with Gasteiger partial charge in [-0.1, -0.05) is 30.3 Å². The molecule has 162 valence electrons. The average Bonchev–Trinajstić information content (AvgIpc) is 2.81. The molecule has 0 aromatic heterocycles. The van der Waals surface area contributed by atoms with Crippen LogP contribution in [0.15, 0.2) is 83.0 Å². The lowest BCUT2D eigenvalue weighted by molar-refractivity contribution is 0.0954. The molecule has 0 saturated carbocycles. The molecule has 2 amide bonds. The van der Waals surface area contributed by atoms with Crippen molar-refractivity contribution in [3.05, 3.63) is 95.1 Å². The van der Waals surface area contributed by atoms with Crippen molar-refractivity contribution >= 4 is 23.2 Å². The van der Waals surface area contributed by atoms with Crippen molar-refractivity contribution in [1.29, 1.82) is 0 Å². The summed E-state index contributed by atoms with van der Waals surface area (Å²) in [5.74, 6) is -0.908. The van der Waals surface area contributed by atoms with Crippen LogP contribution in [-0.2, 0) is 0 Å². The number of hydrogen-bond donors (Lipinski definition) is 4. The standard InChI is InChI=1S/C24H22N4O4/c1-15(19-10-3-5-12-21(19)29)25-27-23(31)17-8-7-9-18(14-17)24(32)28-26-16(2)20-11-4-6-13-22(20)30/h3-14,29-30H,1-2H3,(H,27,31)(H,28,32)/b25-15-,26-16-. The first-order valence-electron chi connectivity index (χ1n) is 9.73. The van der Waals surface area contributed by atoms with E-state index in [2.05, 4.69) is 21.1 Å². The van der Waals surface area contributed by atoms with E-state index in [0.29, 0.717) is 22.6 Å². The third-order valence-corrected chi connectivity index (χ3v) is 4.62. The van der Waals surface area contributed by atoms with Gasteiger partial charge in [0.1, 0.15) is 11.5 Å². The normalized spacial score (nSPS) is 11.7. The predicted octanol–water partition coefficient (Wildman–Crippen LogP) is 3.41. The van der Waals surface area contributed by atoms with Crippen molar-refractivity contribution in [2.24, 2.45) is 10.2 Å². The van der Waals surface area contributed by atoms with Crippen molar-refractivity contribution in [3.8, 4) is 11.5 Å². The molecule has 0 bridgehead atoms. The minimum atomic E-state index is -0.511. The van der Waals surface area contributed by atoms with Gasteiger partial charge in [0, 0.05) is 22.3 Å². The van der Waals surface area contributed by atoms with Gasteiger partial charge >= 0.3 is 0 Å². The zero-order chi connectivity index (χ0) is 23.1. The SMILES string of the molecule is C/C(=N/NC(=O)c1cccc(C(=O)N/N=C(/C)c2ccccc2O)c1)c1ccccc1O. The van der Waals surface area contributed by atoms with Gasteiger partial charge < -0.3 is 10.2 Å². The smallest absolute Gasteiger partial charge is 0.271 e. The minimum Gasteiger partial charge on any atom is -0.507 e. The van der Waals surface area contributed by atoms with E-state index in [1.807, 2.05) is 0 Å². The van der Waals surface area contributed by atoms with Crippen LogP contribution in [0.25, 0.3) is 0 Å². The molecule has 0 fully saturated rings. The lowest BCUT2D eigenvalue weighted by Crippen LogP contribution is -2.22. The second-order valence-electron chi connectivity index (χ2n) is 6.89. The van der Waals surface area contributed by atoms with Crippen molar-refractivity contribution in [2.45, 2.75) is 13.8 Å². The summed E-state index contributed by atoms with van der Waals surface area (Å²) in [4.78, 5) is 24.9. The maximum atomic E-state index is 12.5. The molecule has 0 aliphatic rings. The molecule has 0 heterocycles. The van der Waals surface area contributed by atoms with Gasteiger partial charge in [0.15, 0.2) is 0 Å². The fourth-order valence-corrected chi connectivity index (χ4v) is 2.88. The number of nitrogens with zero attached hydrogens (tertiary/aromatic N) is 2. The van der Waals surface area contributed by atoms with Gasteiger partial charge in [-0.05, 0) is 56.3 Å². The van der Waals surface area contributed by atoms with E-state index in [9.17, 15) is 19.8 Å². The summed E-state index contributed by atoms with van der Waals surface area (Å²) in [7, 11) is 0. The van der Waals surface area contributed by atoms with E-state index in [1.165, 1.54) is 18.2 Å². The van der Waals surface area contributed by atoms with Crippen molar-refractivity contribution < 1.29 is 19.8 Å². The number of hydrogen-bond acceptors (Lipinski definition) is 6. The number of nitrogens with one attached hydrogen (secondary N) is 2. The van der Waals surface area contributed by atoms with Crippen LogP contribution in [0.3, 0.4) is 0 Å². The number of benzene rings is 3. The summed E-state index contributed by atoms with van der Waals surface area (Å²) < 4.78 is 0. The Bertz CT molecular complexity index is 1130. The van der Waals surface area contributed by atoms with Gasteiger partial charge in [0.05, 0.1) is 11.4 Å². The number of aromatic hydroxyl groups is 2. The minimum absolute atomic E-state index is 0.0568. The monoisotopic (exact) mass is 430 g/mol. The predicted molar refractivity (Wildman–Crippen MR) is 122 cm³/mol. The van der Waals surface area contributed by atoms with Crippen LogP contribution in [0.5, 0.6) is 11.5 Å². The first-order chi connectivity index (χ1) is 15.4. The molecule has 0 aliphatic heterocycles. The lowest BCUT2D eigenvalue weighted by Gasteiger charge is -2.07. The Kier molecular flexibility index (Phi) is 6.97. The Morgan fingerprint density at radius 2 is 1.06 bits per heavy atom. The van der Waals surface area contributed by atoms with E-state index >= 15 is 0 Å². The highest BCUT2D eigenvalue weighted by molar-refractivity contribution is 6.04. The second-order valence-corrected chi connectivity index (χ2v) is 6.89. The van der Waals surface area contributed by atoms with Gasteiger partial charge in [0.2, 0.25) is 0 Å². The molecule has 0 spiro atoms. The summed E-state index contributed by atoms with van der Waals surface area (Å²) in [6.45, 7) is 3.31. The molecule has 3 aromatic rings. The van der Waals surface area contributed by atoms with E-state index in [4.69, 9.17) is 0 Å². The zero-order valence-electron chi connectivity index (χ0n) is 17.5. The van der Waals surface area contributed by atoms with Crippen LogP contribution in [0, 0.1) is 0 Å². The molecule has 4 N–H and O–H groups in total. The number of phenols is 2. The fourth-order valence-electron chi connectivity index (χ4n) is 2.88. The molecule has 3 rings (SSSR count). The topological polar surface area (TPSA) is 123 Å². The third-order valence-electron chi connectivity index (χ3n) is 4.62. The number of hydrazone groups is 2. The first-order valence-corrected chi connectivity index (χ1v) is 9.73. The van der Waals surface area contributed by atoms with Crippen molar-refractivity contribution in [2.75, 3.05) is 0 Å². The molecule has 3 aromatic carbocycles. The number of amides is 2. The van der Waals surface area contributed by atoms with Crippen LogP contribution in [0.2, 0.25) is 0 Å². The summed E-state index contributed by atoms with van der Waals surface area (Å²) in [6, 6.07) is 19.4. The summed E-state index contributed by atoms with van der Waals surface area (Å²) >= 11 is 0. The Morgan fingerprint density at radius 3 is 1.47 bits per heavy atom. The molecular weight excluding hydrogens is 408 g/mol. The third kappa shape index (κ3) is 5.37. The number of carbonyl (C=O) groups excluding carboxylic acids is 2. The van der Waals surface area contributed by atoms with Crippen molar-refractivity contribution in [3.63, 3.8) is 0 Å². The molecule has 0 atom stereocenters. The maximum absolute atomic E-state index is 12.5.